The van der Waals surface area contributed by atoms with Gasteiger partial charge in [0.25, 0.3) is 0 Å². The minimum absolute atomic E-state index is 0.145. The highest BCUT2D eigenvalue weighted by atomic mass is 19.4. The van der Waals surface area contributed by atoms with Crippen molar-refractivity contribution in [1.82, 2.24) is 5.32 Å². The quantitative estimate of drug-likeness (QED) is 0.849. The number of amides is 1. The van der Waals surface area contributed by atoms with Crippen LogP contribution in [0.5, 0.6) is 0 Å². The van der Waals surface area contributed by atoms with Gasteiger partial charge in [-0.15, -0.1) is 0 Å². The van der Waals surface area contributed by atoms with Crippen molar-refractivity contribution in [2.45, 2.75) is 25.1 Å². The predicted octanol–water partition coefficient (Wildman–Crippen LogP) is 3.82. The van der Waals surface area contributed by atoms with Crippen LogP contribution in [0.15, 0.2) is 48.5 Å². The molecule has 1 fully saturated rings. The van der Waals surface area contributed by atoms with Gasteiger partial charge < -0.3 is 10.4 Å². The molecule has 4 nitrogen and oxygen atoms in total. The molecule has 1 amide bonds. The van der Waals surface area contributed by atoms with E-state index in [0.29, 0.717) is 6.42 Å². The Morgan fingerprint density at radius 1 is 1.08 bits per heavy atom. The van der Waals surface area contributed by atoms with Crippen LogP contribution in [0.1, 0.15) is 39.4 Å². The summed E-state index contributed by atoms with van der Waals surface area (Å²) in [6.45, 7) is 0.197. The number of carboxylic acid groups (broad SMARTS) is 1. The molecule has 7 heteroatoms. The van der Waals surface area contributed by atoms with Gasteiger partial charge in [0.05, 0.1) is 11.1 Å². The summed E-state index contributed by atoms with van der Waals surface area (Å²) in [4.78, 5) is 23.0. The lowest BCUT2D eigenvalue weighted by molar-refractivity contribution is -0.138. The maximum atomic E-state index is 13.1. The fourth-order valence-electron chi connectivity index (χ4n) is 2.99. The fourth-order valence-corrected chi connectivity index (χ4v) is 2.99. The third kappa shape index (κ3) is 3.87. The average Bonchev–Trinajstić information content (AvgIpc) is 3.40. The molecule has 0 bridgehead atoms. The first-order chi connectivity index (χ1) is 12.3. The summed E-state index contributed by atoms with van der Waals surface area (Å²) in [5.74, 6) is -2.24. The normalized spacial score (nSPS) is 19.0. The van der Waals surface area contributed by atoms with Gasteiger partial charge in [-0.2, -0.15) is 13.2 Å². The van der Waals surface area contributed by atoms with Crippen molar-refractivity contribution in [2.24, 2.45) is 5.92 Å². The first-order valence-electron chi connectivity index (χ1n) is 8.03. The molecule has 2 unspecified atom stereocenters. The Balaban J connectivity index is 1.61. The zero-order chi connectivity index (χ0) is 18.9. The van der Waals surface area contributed by atoms with Gasteiger partial charge in [-0.3, -0.25) is 4.79 Å². The maximum Gasteiger partial charge on any atom is 0.416 e. The zero-order valence-corrected chi connectivity index (χ0v) is 13.6. The van der Waals surface area contributed by atoms with Crippen LogP contribution >= 0.6 is 0 Å². The van der Waals surface area contributed by atoms with E-state index >= 15 is 0 Å². The van der Waals surface area contributed by atoms with Crippen LogP contribution in [0.3, 0.4) is 0 Å². The van der Waals surface area contributed by atoms with Gasteiger partial charge >= 0.3 is 12.1 Å². The lowest BCUT2D eigenvalue weighted by Crippen LogP contribution is -2.25. The summed E-state index contributed by atoms with van der Waals surface area (Å²) in [6, 6.07) is 11.4. The monoisotopic (exact) mass is 363 g/mol. The molecule has 2 aromatic rings. The highest BCUT2D eigenvalue weighted by molar-refractivity contribution is 5.87. The van der Waals surface area contributed by atoms with Crippen molar-refractivity contribution in [3.63, 3.8) is 0 Å². The number of nitrogens with one attached hydrogen (secondary N) is 1. The Morgan fingerprint density at radius 2 is 1.73 bits per heavy atom. The molecule has 3 rings (SSSR count). The van der Waals surface area contributed by atoms with Crippen LogP contribution in [-0.2, 0) is 17.5 Å². The number of hydrogen-bond acceptors (Lipinski definition) is 2. The lowest BCUT2D eigenvalue weighted by Gasteiger charge is -2.12. The topological polar surface area (TPSA) is 66.4 Å². The Hall–Kier alpha value is -2.83. The highest BCUT2D eigenvalue weighted by Gasteiger charge is 2.47. The summed E-state index contributed by atoms with van der Waals surface area (Å²) in [6.07, 6.45) is -4.05. The largest absolute Gasteiger partial charge is 0.478 e. The molecule has 2 aromatic carbocycles. The van der Waals surface area contributed by atoms with Crippen molar-refractivity contribution in [3.05, 3.63) is 70.8 Å². The van der Waals surface area contributed by atoms with Crippen LogP contribution in [0, 0.1) is 5.92 Å². The molecule has 0 saturated heterocycles. The molecule has 26 heavy (non-hydrogen) atoms. The number of benzene rings is 2. The second-order valence-electron chi connectivity index (χ2n) is 6.25. The van der Waals surface area contributed by atoms with E-state index in [-0.39, 0.29) is 23.6 Å². The number of carboxylic acids is 1. The van der Waals surface area contributed by atoms with Crippen molar-refractivity contribution in [2.75, 3.05) is 0 Å². The van der Waals surface area contributed by atoms with E-state index in [9.17, 15) is 22.8 Å². The standard InChI is InChI=1S/C19H16F3NO3/c20-19(21,22)16-4-2-1-3-13(16)14-9-15(14)17(24)23-10-11-5-7-12(8-6-11)18(25)26/h1-8,14-15H,9-10H2,(H,23,24)(H,25,26). The number of carbonyl (C=O) groups excluding carboxylic acids is 1. The molecule has 0 heterocycles. The number of carbonyl (C=O) groups is 2. The van der Waals surface area contributed by atoms with Crippen molar-refractivity contribution in [3.8, 4) is 0 Å². The zero-order valence-electron chi connectivity index (χ0n) is 13.6. The molecular weight excluding hydrogens is 347 g/mol. The average molecular weight is 363 g/mol. The molecule has 1 aliphatic rings. The smallest absolute Gasteiger partial charge is 0.416 e. The third-order valence-corrected chi connectivity index (χ3v) is 4.46. The molecule has 1 aliphatic carbocycles. The minimum atomic E-state index is -4.44. The second-order valence-corrected chi connectivity index (χ2v) is 6.25. The lowest BCUT2D eigenvalue weighted by atomic mass is 10.0. The predicted molar refractivity (Wildman–Crippen MR) is 87.5 cm³/mol. The van der Waals surface area contributed by atoms with E-state index in [0.717, 1.165) is 11.6 Å². The molecule has 0 spiro atoms. The molecule has 136 valence electrons. The number of rotatable bonds is 5. The van der Waals surface area contributed by atoms with Gasteiger partial charge in [0.15, 0.2) is 0 Å². The molecule has 0 aromatic heterocycles. The Labute approximate surface area is 147 Å². The summed E-state index contributed by atoms with van der Waals surface area (Å²) < 4.78 is 39.2. The summed E-state index contributed by atoms with van der Waals surface area (Å²) >= 11 is 0. The van der Waals surface area contributed by atoms with E-state index in [1.165, 1.54) is 24.3 Å². The van der Waals surface area contributed by atoms with Crippen molar-refractivity contribution < 1.29 is 27.9 Å². The Morgan fingerprint density at radius 3 is 2.35 bits per heavy atom. The summed E-state index contributed by atoms with van der Waals surface area (Å²) in [5, 5.41) is 11.5. The van der Waals surface area contributed by atoms with Gasteiger partial charge in [-0.25, -0.2) is 4.79 Å². The molecule has 2 N–H and O–H groups in total. The van der Waals surface area contributed by atoms with Gasteiger partial charge in [-0.1, -0.05) is 30.3 Å². The van der Waals surface area contributed by atoms with Crippen LogP contribution in [0.4, 0.5) is 13.2 Å². The second kappa shape index (κ2) is 6.82. The van der Waals surface area contributed by atoms with Crippen LogP contribution < -0.4 is 5.32 Å². The van der Waals surface area contributed by atoms with E-state index in [1.54, 1.807) is 18.2 Å². The molecule has 2 atom stereocenters. The molecule has 1 saturated carbocycles. The first kappa shape index (κ1) is 18.0. The molecule has 0 radical (unpaired) electrons. The molecular formula is C19H16F3NO3. The Bertz CT molecular complexity index is 831. The van der Waals surface area contributed by atoms with Gasteiger partial charge in [0.2, 0.25) is 5.91 Å². The van der Waals surface area contributed by atoms with E-state index < -0.39 is 29.5 Å². The number of aromatic carboxylic acids is 1. The molecule has 0 aliphatic heterocycles. The van der Waals surface area contributed by atoms with E-state index in [4.69, 9.17) is 5.11 Å². The SMILES string of the molecule is O=C(O)c1ccc(CNC(=O)C2CC2c2ccccc2C(F)(F)F)cc1. The van der Waals surface area contributed by atoms with Crippen LogP contribution in [-0.4, -0.2) is 17.0 Å². The maximum absolute atomic E-state index is 13.1. The third-order valence-electron chi connectivity index (χ3n) is 4.46. The first-order valence-corrected chi connectivity index (χ1v) is 8.03. The van der Waals surface area contributed by atoms with Crippen molar-refractivity contribution in [1.29, 1.82) is 0 Å². The van der Waals surface area contributed by atoms with Crippen LogP contribution in [0.2, 0.25) is 0 Å². The van der Waals surface area contributed by atoms with E-state index in [2.05, 4.69) is 5.32 Å². The van der Waals surface area contributed by atoms with Crippen LogP contribution in [0.25, 0.3) is 0 Å². The minimum Gasteiger partial charge on any atom is -0.478 e. The Kier molecular flexibility index (Phi) is 4.71. The summed E-state index contributed by atoms with van der Waals surface area (Å²) in [7, 11) is 0. The van der Waals surface area contributed by atoms with Gasteiger partial charge in [0, 0.05) is 12.5 Å². The fraction of sp³-hybridized carbons (Fsp3) is 0.263. The van der Waals surface area contributed by atoms with Crippen molar-refractivity contribution >= 4 is 11.9 Å². The summed E-state index contributed by atoms with van der Waals surface area (Å²) in [5.41, 5.74) is 0.331. The number of alkyl halides is 3. The van der Waals surface area contributed by atoms with Gasteiger partial charge in [0.1, 0.15) is 0 Å². The highest BCUT2D eigenvalue weighted by Crippen LogP contribution is 2.51. The number of halogens is 3. The van der Waals surface area contributed by atoms with Gasteiger partial charge in [-0.05, 0) is 41.7 Å². The number of hydrogen-bond donors (Lipinski definition) is 2. The van der Waals surface area contributed by atoms with E-state index in [1.807, 2.05) is 0 Å².